The number of fused-ring (bicyclic) bond motifs is 1. The Bertz CT molecular complexity index is 1000. The molecule has 1 aliphatic heterocycles. The van der Waals surface area contributed by atoms with E-state index in [-0.39, 0.29) is 12.5 Å². The van der Waals surface area contributed by atoms with Crippen LogP contribution in [0.15, 0.2) is 59.4 Å². The van der Waals surface area contributed by atoms with E-state index in [0.717, 1.165) is 29.8 Å². The Hall–Kier alpha value is -3.19. The SMILES string of the molecule is O=C(OCC(=O)N1CCCc2ccccc21)c1cccc(OCc2cscn2)c1. The highest BCUT2D eigenvalue weighted by Crippen LogP contribution is 2.26. The van der Waals surface area contributed by atoms with Crippen molar-refractivity contribution in [3.05, 3.63) is 76.2 Å². The minimum absolute atomic E-state index is 0.221. The van der Waals surface area contributed by atoms with Gasteiger partial charge in [0.05, 0.1) is 16.8 Å². The van der Waals surface area contributed by atoms with E-state index in [9.17, 15) is 9.59 Å². The number of carbonyl (C=O) groups is 2. The van der Waals surface area contributed by atoms with Crippen LogP contribution in [0.1, 0.15) is 28.0 Å². The molecule has 0 spiro atoms. The molecule has 0 atom stereocenters. The van der Waals surface area contributed by atoms with E-state index in [1.165, 1.54) is 11.3 Å². The van der Waals surface area contributed by atoms with Gasteiger partial charge in [-0.15, -0.1) is 11.3 Å². The molecule has 3 aromatic rings. The number of hydrogen-bond donors (Lipinski definition) is 0. The minimum Gasteiger partial charge on any atom is -0.487 e. The van der Waals surface area contributed by atoms with Crippen molar-refractivity contribution in [2.75, 3.05) is 18.1 Å². The second-order valence-electron chi connectivity index (χ2n) is 6.65. The average Bonchev–Trinajstić information content (AvgIpc) is 3.29. The van der Waals surface area contributed by atoms with Crippen LogP contribution in [0.4, 0.5) is 5.69 Å². The number of thiazole rings is 1. The maximum atomic E-state index is 12.6. The fraction of sp³-hybridized carbons (Fsp3) is 0.227. The number of carbonyl (C=O) groups excluding carboxylic acids is 2. The number of amides is 1. The van der Waals surface area contributed by atoms with Crippen molar-refractivity contribution < 1.29 is 19.1 Å². The van der Waals surface area contributed by atoms with Crippen LogP contribution in [-0.2, 0) is 22.6 Å². The molecule has 0 saturated heterocycles. The summed E-state index contributed by atoms with van der Waals surface area (Å²) in [6.07, 6.45) is 1.85. The van der Waals surface area contributed by atoms with Gasteiger partial charge in [-0.05, 0) is 42.7 Å². The fourth-order valence-electron chi connectivity index (χ4n) is 3.26. The lowest BCUT2D eigenvalue weighted by atomic mass is 10.0. The van der Waals surface area contributed by atoms with Gasteiger partial charge in [0.2, 0.25) is 0 Å². The zero-order valence-electron chi connectivity index (χ0n) is 15.7. The highest BCUT2D eigenvalue weighted by molar-refractivity contribution is 7.07. The lowest BCUT2D eigenvalue weighted by Gasteiger charge is -2.29. The third kappa shape index (κ3) is 4.63. The Balaban J connectivity index is 1.35. The highest BCUT2D eigenvalue weighted by atomic mass is 32.1. The molecule has 148 valence electrons. The van der Waals surface area contributed by atoms with Crippen molar-refractivity contribution in [1.29, 1.82) is 0 Å². The summed E-state index contributed by atoms with van der Waals surface area (Å²) in [4.78, 5) is 30.9. The molecule has 1 amide bonds. The zero-order chi connectivity index (χ0) is 20.1. The lowest BCUT2D eigenvalue weighted by molar-refractivity contribution is -0.121. The molecule has 0 fully saturated rings. The minimum atomic E-state index is -0.553. The first-order valence-corrected chi connectivity index (χ1v) is 10.3. The first kappa shape index (κ1) is 19.1. The van der Waals surface area contributed by atoms with Gasteiger partial charge < -0.3 is 14.4 Å². The predicted octanol–water partition coefficient (Wildman–Crippen LogP) is 3.86. The maximum Gasteiger partial charge on any atom is 0.338 e. The number of esters is 1. The molecule has 1 aromatic heterocycles. The van der Waals surface area contributed by atoms with Crippen LogP contribution >= 0.6 is 11.3 Å². The summed E-state index contributed by atoms with van der Waals surface area (Å²) in [5.74, 6) is -0.229. The van der Waals surface area contributed by atoms with E-state index < -0.39 is 5.97 Å². The summed E-state index contributed by atoms with van der Waals surface area (Å²) >= 11 is 1.50. The smallest absolute Gasteiger partial charge is 0.338 e. The van der Waals surface area contributed by atoms with Crippen molar-refractivity contribution in [3.63, 3.8) is 0 Å². The van der Waals surface area contributed by atoms with E-state index in [1.807, 2.05) is 29.6 Å². The Labute approximate surface area is 172 Å². The summed E-state index contributed by atoms with van der Waals surface area (Å²) in [5.41, 5.74) is 4.95. The summed E-state index contributed by atoms with van der Waals surface area (Å²) in [7, 11) is 0. The molecule has 29 heavy (non-hydrogen) atoms. The zero-order valence-corrected chi connectivity index (χ0v) is 16.6. The van der Waals surface area contributed by atoms with Gasteiger partial charge in [0, 0.05) is 17.6 Å². The van der Waals surface area contributed by atoms with Crippen LogP contribution in [-0.4, -0.2) is 30.0 Å². The number of nitrogens with zero attached hydrogens (tertiary/aromatic N) is 2. The van der Waals surface area contributed by atoms with Gasteiger partial charge in [-0.3, -0.25) is 4.79 Å². The van der Waals surface area contributed by atoms with Crippen LogP contribution in [0.3, 0.4) is 0 Å². The molecule has 1 aliphatic rings. The monoisotopic (exact) mass is 408 g/mol. The van der Waals surface area contributed by atoms with Crippen LogP contribution in [0, 0.1) is 0 Å². The lowest BCUT2D eigenvalue weighted by Crippen LogP contribution is -2.38. The third-order valence-electron chi connectivity index (χ3n) is 4.68. The fourth-order valence-corrected chi connectivity index (χ4v) is 3.80. The number of benzene rings is 2. The van der Waals surface area contributed by atoms with E-state index in [4.69, 9.17) is 9.47 Å². The van der Waals surface area contributed by atoms with Gasteiger partial charge >= 0.3 is 5.97 Å². The number of aryl methyl sites for hydroxylation is 1. The largest absolute Gasteiger partial charge is 0.487 e. The first-order chi connectivity index (χ1) is 14.2. The van der Waals surface area contributed by atoms with Crippen LogP contribution in [0.5, 0.6) is 5.75 Å². The van der Waals surface area contributed by atoms with Crippen molar-refractivity contribution in [1.82, 2.24) is 4.98 Å². The number of anilines is 1. The van der Waals surface area contributed by atoms with Crippen LogP contribution in [0.2, 0.25) is 0 Å². The summed E-state index contributed by atoms with van der Waals surface area (Å²) in [5, 5.41) is 1.91. The molecule has 2 aromatic carbocycles. The Morgan fingerprint density at radius 3 is 2.90 bits per heavy atom. The molecule has 0 unspecified atom stereocenters. The third-order valence-corrected chi connectivity index (χ3v) is 5.31. The molecular weight excluding hydrogens is 388 g/mol. The van der Waals surface area contributed by atoms with Gasteiger partial charge in [0.15, 0.2) is 6.61 Å². The predicted molar refractivity (Wildman–Crippen MR) is 110 cm³/mol. The number of ether oxygens (including phenoxy) is 2. The Morgan fingerprint density at radius 1 is 1.14 bits per heavy atom. The maximum absolute atomic E-state index is 12.6. The second kappa shape index (κ2) is 8.87. The van der Waals surface area contributed by atoms with E-state index in [1.54, 1.807) is 34.7 Å². The van der Waals surface area contributed by atoms with Gasteiger partial charge in [-0.2, -0.15) is 0 Å². The van der Waals surface area contributed by atoms with Gasteiger partial charge in [0.1, 0.15) is 12.4 Å². The summed E-state index contributed by atoms with van der Waals surface area (Å²) < 4.78 is 10.9. The van der Waals surface area contributed by atoms with Crippen molar-refractivity contribution in [3.8, 4) is 5.75 Å². The van der Waals surface area contributed by atoms with E-state index in [2.05, 4.69) is 4.98 Å². The molecule has 0 N–H and O–H groups in total. The number of para-hydroxylation sites is 1. The molecule has 0 bridgehead atoms. The van der Waals surface area contributed by atoms with Crippen molar-refractivity contribution >= 4 is 28.9 Å². The summed E-state index contributed by atoms with van der Waals surface area (Å²) in [6.45, 7) is 0.666. The van der Waals surface area contributed by atoms with Crippen LogP contribution < -0.4 is 9.64 Å². The highest BCUT2D eigenvalue weighted by Gasteiger charge is 2.23. The van der Waals surface area contributed by atoms with Gasteiger partial charge in [0.25, 0.3) is 5.91 Å². The van der Waals surface area contributed by atoms with Crippen molar-refractivity contribution in [2.24, 2.45) is 0 Å². The van der Waals surface area contributed by atoms with Gasteiger partial charge in [-0.25, -0.2) is 9.78 Å². The topological polar surface area (TPSA) is 68.7 Å². The molecule has 4 rings (SSSR count). The molecule has 6 nitrogen and oxygen atoms in total. The number of hydrogen-bond acceptors (Lipinski definition) is 6. The Kier molecular flexibility index (Phi) is 5.86. The molecular formula is C22H20N2O4S. The number of aromatic nitrogens is 1. The van der Waals surface area contributed by atoms with Crippen molar-refractivity contribution in [2.45, 2.75) is 19.4 Å². The summed E-state index contributed by atoms with van der Waals surface area (Å²) in [6, 6.07) is 14.6. The molecule has 0 radical (unpaired) electrons. The quantitative estimate of drug-likeness (QED) is 0.580. The normalized spacial score (nSPS) is 12.9. The molecule has 7 heteroatoms. The second-order valence-corrected chi connectivity index (χ2v) is 7.37. The van der Waals surface area contributed by atoms with E-state index in [0.29, 0.717) is 24.5 Å². The standard InChI is InChI=1S/C22H20N2O4S/c25-21(24-10-4-7-16-5-1-2-9-20(16)24)13-28-22(26)17-6-3-8-19(11-17)27-12-18-14-29-15-23-18/h1-3,5-6,8-9,11,14-15H,4,7,10,12-13H2. The van der Waals surface area contributed by atoms with Crippen LogP contribution in [0.25, 0.3) is 0 Å². The molecule has 0 saturated carbocycles. The Morgan fingerprint density at radius 2 is 2.03 bits per heavy atom. The average molecular weight is 408 g/mol. The molecule has 0 aliphatic carbocycles. The first-order valence-electron chi connectivity index (χ1n) is 9.36. The van der Waals surface area contributed by atoms with Gasteiger partial charge in [-0.1, -0.05) is 24.3 Å². The van der Waals surface area contributed by atoms with E-state index >= 15 is 0 Å². The molecule has 2 heterocycles. The number of rotatable bonds is 6.